The number of amides is 2. The summed E-state index contributed by atoms with van der Waals surface area (Å²) in [5.74, 6) is -0.695. The zero-order valence-corrected chi connectivity index (χ0v) is 16.9. The van der Waals surface area contributed by atoms with Crippen LogP contribution in [0.5, 0.6) is 0 Å². The molecule has 0 atom stereocenters. The van der Waals surface area contributed by atoms with E-state index < -0.39 is 5.91 Å². The molecule has 150 valence electrons. The second-order valence-electron chi connectivity index (χ2n) is 6.71. The number of aromatic nitrogens is 2. The predicted molar refractivity (Wildman–Crippen MR) is 116 cm³/mol. The van der Waals surface area contributed by atoms with Crippen LogP contribution >= 0.6 is 0 Å². The molecule has 7 nitrogen and oxygen atoms in total. The second kappa shape index (κ2) is 8.88. The van der Waals surface area contributed by atoms with Gasteiger partial charge < -0.3 is 10.6 Å². The van der Waals surface area contributed by atoms with Crippen LogP contribution in [0.25, 0.3) is 11.8 Å². The second-order valence-corrected chi connectivity index (χ2v) is 6.71. The number of hydrogen-bond donors (Lipinski definition) is 2. The molecule has 0 aliphatic heterocycles. The maximum Gasteiger partial charge on any atom is 0.266 e. The van der Waals surface area contributed by atoms with Gasteiger partial charge in [-0.25, -0.2) is 4.68 Å². The lowest BCUT2D eigenvalue weighted by Crippen LogP contribution is -2.13. The van der Waals surface area contributed by atoms with Crippen molar-refractivity contribution in [3.8, 4) is 11.8 Å². The molecule has 0 saturated carbocycles. The Balaban J connectivity index is 1.84. The fraction of sp³-hybridized carbons (Fsp3) is 0.130. The fourth-order valence-electron chi connectivity index (χ4n) is 3.02. The van der Waals surface area contributed by atoms with Gasteiger partial charge in [0.1, 0.15) is 11.6 Å². The van der Waals surface area contributed by atoms with Gasteiger partial charge in [-0.1, -0.05) is 18.2 Å². The molecule has 0 radical (unpaired) electrons. The van der Waals surface area contributed by atoms with Gasteiger partial charge >= 0.3 is 0 Å². The minimum atomic E-state index is -0.518. The molecule has 1 heterocycles. The number of rotatable bonds is 5. The number of carbonyl (C=O) groups is 2. The SMILES string of the molecule is CC(=O)Nc1ccc(NC(=O)/C(C#N)=C/c2c(C)nn(-c3ccccc3)c2C)cc1. The number of hydrogen-bond acceptors (Lipinski definition) is 4. The highest BCUT2D eigenvalue weighted by Crippen LogP contribution is 2.21. The van der Waals surface area contributed by atoms with Crippen molar-refractivity contribution in [3.05, 3.63) is 77.1 Å². The first kappa shape index (κ1) is 20.6. The van der Waals surface area contributed by atoms with Gasteiger partial charge in [-0.3, -0.25) is 9.59 Å². The molecule has 0 aliphatic carbocycles. The first-order valence-electron chi connectivity index (χ1n) is 9.31. The highest BCUT2D eigenvalue weighted by Gasteiger charge is 2.15. The molecular formula is C23H21N5O2. The standard InChI is InChI=1S/C23H21N5O2/c1-15-22(16(2)28(27-15)21-7-5-4-6-8-21)13-18(14-24)23(30)26-20-11-9-19(10-12-20)25-17(3)29/h4-13H,1-3H3,(H,25,29)(H,26,30)/b18-13+. The van der Waals surface area contributed by atoms with Gasteiger partial charge in [0.25, 0.3) is 5.91 Å². The summed E-state index contributed by atoms with van der Waals surface area (Å²) in [5, 5.41) is 19.4. The molecule has 2 N–H and O–H groups in total. The van der Waals surface area contributed by atoms with E-state index in [1.54, 1.807) is 35.0 Å². The van der Waals surface area contributed by atoms with Crippen LogP contribution in [0.1, 0.15) is 23.9 Å². The van der Waals surface area contributed by atoms with Crippen molar-refractivity contribution >= 4 is 29.3 Å². The van der Waals surface area contributed by atoms with Gasteiger partial charge in [-0.15, -0.1) is 0 Å². The molecule has 0 unspecified atom stereocenters. The van der Waals surface area contributed by atoms with Crippen LogP contribution in [-0.2, 0) is 9.59 Å². The van der Waals surface area contributed by atoms with Crippen molar-refractivity contribution in [1.82, 2.24) is 9.78 Å². The summed E-state index contributed by atoms with van der Waals surface area (Å²) in [6.07, 6.45) is 1.55. The van der Waals surface area contributed by atoms with E-state index in [1.165, 1.54) is 6.92 Å². The summed E-state index contributed by atoms with van der Waals surface area (Å²) in [5.41, 5.74) is 4.29. The molecule has 0 spiro atoms. The normalized spacial score (nSPS) is 10.9. The largest absolute Gasteiger partial charge is 0.326 e. The van der Waals surface area contributed by atoms with E-state index >= 15 is 0 Å². The third kappa shape index (κ3) is 4.62. The number of nitrogens with zero attached hydrogens (tertiary/aromatic N) is 3. The van der Waals surface area contributed by atoms with Crippen LogP contribution in [0.3, 0.4) is 0 Å². The number of benzene rings is 2. The lowest BCUT2D eigenvalue weighted by atomic mass is 10.1. The molecule has 30 heavy (non-hydrogen) atoms. The Labute approximate surface area is 174 Å². The summed E-state index contributed by atoms with van der Waals surface area (Å²) in [7, 11) is 0. The quantitative estimate of drug-likeness (QED) is 0.500. The average Bonchev–Trinajstić information content (AvgIpc) is 3.01. The topological polar surface area (TPSA) is 99.8 Å². The maximum atomic E-state index is 12.6. The van der Waals surface area contributed by atoms with Gasteiger partial charge in [0.05, 0.1) is 11.4 Å². The Morgan fingerprint density at radius 2 is 1.60 bits per heavy atom. The molecule has 3 rings (SSSR count). The van der Waals surface area contributed by atoms with Crippen molar-refractivity contribution in [2.75, 3.05) is 10.6 Å². The van der Waals surface area contributed by atoms with Gasteiger partial charge in [0, 0.05) is 29.6 Å². The first-order valence-corrected chi connectivity index (χ1v) is 9.31. The third-order valence-corrected chi connectivity index (χ3v) is 4.46. The van der Waals surface area contributed by atoms with E-state index in [0.717, 1.165) is 22.6 Å². The highest BCUT2D eigenvalue weighted by atomic mass is 16.2. The molecule has 2 amide bonds. The summed E-state index contributed by atoms with van der Waals surface area (Å²) in [4.78, 5) is 23.7. The molecule has 7 heteroatoms. The van der Waals surface area contributed by atoms with E-state index in [0.29, 0.717) is 11.4 Å². The maximum absolute atomic E-state index is 12.6. The van der Waals surface area contributed by atoms with Crippen LogP contribution < -0.4 is 10.6 Å². The lowest BCUT2D eigenvalue weighted by Gasteiger charge is -2.07. The summed E-state index contributed by atoms with van der Waals surface area (Å²) in [6.45, 7) is 5.15. The molecule has 0 saturated heterocycles. The summed E-state index contributed by atoms with van der Waals surface area (Å²) < 4.78 is 1.79. The van der Waals surface area contributed by atoms with Crippen molar-refractivity contribution in [3.63, 3.8) is 0 Å². The van der Waals surface area contributed by atoms with Gasteiger partial charge in [-0.2, -0.15) is 10.4 Å². The number of para-hydroxylation sites is 1. The van der Waals surface area contributed by atoms with E-state index in [-0.39, 0.29) is 11.5 Å². The average molecular weight is 399 g/mol. The van der Waals surface area contributed by atoms with Crippen LogP contribution in [0, 0.1) is 25.2 Å². The molecular weight excluding hydrogens is 378 g/mol. The predicted octanol–water partition coefficient (Wildman–Crippen LogP) is 3.99. The van der Waals surface area contributed by atoms with Crippen LogP contribution in [0.15, 0.2) is 60.2 Å². The Morgan fingerprint density at radius 1 is 1.00 bits per heavy atom. The summed E-state index contributed by atoms with van der Waals surface area (Å²) >= 11 is 0. The van der Waals surface area contributed by atoms with E-state index in [9.17, 15) is 14.9 Å². The Hall–Kier alpha value is -4.18. The highest BCUT2D eigenvalue weighted by molar-refractivity contribution is 6.09. The smallest absolute Gasteiger partial charge is 0.266 e. The van der Waals surface area contributed by atoms with E-state index in [2.05, 4.69) is 15.7 Å². The number of aryl methyl sites for hydroxylation is 1. The van der Waals surface area contributed by atoms with Crippen molar-refractivity contribution < 1.29 is 9.59 Å². The van der Waals surface area contributed by atoms with Crippen LogP contribution in [0.4, 0.5) is 11.4 Å². The molecule has 0 aliphatic rings. The molecule has 2 aromatic carbocycles. The van der Waals surface area contributed by atoms with E-state index in [1.807, 2.05) is 50.2 Å². The molecule has 0 fully saturated rings. The van der Waals surface area contributed by atoms with Gasteiger partial charge in [0.15, 0.2) is 0 Å². The van der Waals surface area contributed by atoms with Crippen molar-refractivity contribution in [1.29, 1.82) is 5.26 Å². The zero-order chi connectivity index (χ0) is 21.7. The fourth-order valence-corrected chi connectivity index (χ4v) is 3.02. The lowest BCUT2D eigenvalue weighted by molar-refractivity contribution is -0.114. The minimum Gasteiger partial charge on any atom is -0.326 e. The Morgan fingerprint density at radius 3 is 2.17 bits per heavy atom. The van der Waals surface area contributed by atoms with Gasteiger partial charge in [-0.05, 0) is 56.3 Å². The molecule has 0 bridgehead atoms. The first-order chi connectivity index (χ1) is 14.4. The number of nitrogens with one attached hydrogen (secondary N) is 2. The monoisotopic (exact) mass is 399 g/mol. The van der Waals surface area contributed by atoms with Crippen molar-refractivity contribution in [2.24, 2.45) is 0 Å². The molecule has 3 aromatic rings. The number of nitriles is 1. The van der Waals surface area contributed by atoms with Gasteiger partial charge in [0.2, 0.25) is 5.91 Å². The van der Waals surface area contributed by atoms with Crippen molar-refractivity contribution in [2.45, 2.75) is 20.8 Å². The Bertz CT molecular complexity index is 1150. The third-order valence-electron chi connectivity index (χ3n) is 4.46. The van der Waals surface area contributed by atoms with Crippen LogP contribution in [-0.4, -0.2) is 21.6 Å². The number of carbonyl (C=O) groups excluding carboxylic acids is 2. The minimum absolute atomic E-state index is 0.0280. The van der Waals surface area contributed by atoms with Crippen LogP contribution in [0.2, 0.25) is 0 Å². The summed E-state index contributed by atoms with van der Waals surface area (Å²) in [6, 6.07) is 18.3. The molecule has 1 aromatic heterocycles. The van der Waals surface area contributed by atoms with E-state index in [4.69, 9.17) is 0 Å². The zero-order valence-electron chi connectivity index (χ0n) is 16.9. The Kier molecular flexibility index (Phi) is 6.08. The number of anilines is 2.